The fraction of sp³-hybridized carbons (Fsp3) is 0.467. The van der Waals surface area contributed by atoms with Crippen LogP contribution in [0.2, 0.25) is 0 Å². The number of aromatic hydroxyl groups is 1. The van der Waals surface area contributed by atoms with Gasteiger partial charge in [-0.25, -0.2) is 4.79 Å². The molecule has 0 heterocycles. The van der Waals surface area contributed by atoms with Crippen LogP contribution in [0, 0.1) is 0 Å². The Morgan fingerprint density at radius 3 is 2.17 bits per heavy atom. The molecule has 224 valence electrons. The Morgan fingerprint density at radius 2 is 1.66 bits per heavy atom. The van der Waals surface area contributed by atoms with E-state index in [1.165, 1.54) is 24.1 Å². The normalized spacial score (nSPS) is 13.0. The number of nitrogens with one attached hydrogen (secondary N) is 2. The molecule has 2 rings (SSSR count). The van der Waals surface area contributed by atoms with Crippen LogP contribution in [0.4, 0.5) is 10.5 Å². The number of phenolic OH excluding ortho intramolecular Hbond substituents is 1. The molecular weight excluding hydrogens is 528 g/mol. The molecule has 11 heteroatoms. The molecule has 5 N–H and O–H groups in total. The maximum atomic E-state index is 14.3. The third-order valence-corrected chi connectivity index (χ3v) is 6.47. The summed E-state index contributed by atoms with van der Waals surface area (Å²) in [6.07, 6.45) is -0.734. The maximum absolute atomic E-state index is 14.3. The Morgan fingerprint density at radius 1 is 1.02 bits per heavy atom. The number of carbonyl (C=O) groups is 4. The molecule has 0 aromatic heterocycles. The smallest absolute Gasteiger partial charge is 0.408 e. The molecule has 2 aromatic rings. The fourth-order valence-corrected chi connectivity index (χ4v) is 4.10. The molecule has 4 amide bonds. The quantitative estimate of drug-likeness (QED) is 0.297. The number of nitrogens with two attached hydrogens (primary N) is 1. The lowest BCUT2D eigenvalue weighted by Gasteiger charge is -2.44. The van der Waals surface area contributed by atoms with Crippen LogP contribution in [0.3, 0.4) is 0 Å². The van der Waals surface area contributed by atoms with Crippen molar-refractivity contribution >= 4 is 29.5 Å². The molecule has 0 saturated heterocycles. The summed E-state index contributed by atoms with van der Waals surface area (Å²) >= 11 is 0. The first kappa shape index (κ1) is 32.9. The fourth-order valence-electron chi connectivity index (χ4n) is 4.10. The summed E-state index contributed by atoms with van der Waals surface area (Å²) in [4.78, 5) is 54.1. The highest BCUT2D eigenvalue weighted by atomic mass is 16.6. The van der Waals surface area contributed by atoms with E-state index in [1.807, 2.05) is 6.92 Å². The molecule has 0 aliphatic rings. The second-order valence-corrected chi connectivity index (χ2v) is 11.3. The number of ether oxygens (including phenoxy) is 2. The third kappa shape index (κ3) is 9.70. The lowest BCUT2D eigenvalue weighted by Crippen LogP contribution is -2.59. The van der Waals surface area contributed by atoms with Crippen molar-refractivity contribution < 1.29 is 33.8 Å². The van der Waals surface area contributed by atoms with Crippen molar-refractivity contribution in [3.63, 3.8) is 0 Å². The molecule has 2 unspecified atom stereocenters. The number of primary amides is 1. The van der Waals surface area contributed by atoms with Crippen LogP contribution < -0.4 is 21.1 Å². The molecule has 2 aromatic carbocycles. The minimum Gasteiger partial charge on any atom is -0.508 e. The zero-order chi connectivity index (χ0) is 31.0. The van der Waals surface area contributed by atoms with Crippen molar-refractivity contribution in [2.75, 3.05) is 12.4 Å². The van der Waals surface area contributed by atoms with Gasteiger partial charge >= 0.3 is 6.09 Å². The maximum Gasteiger partial charge on any atom is 0.408 e. The number of carbonyl (C=O) groups excluding carboxylic acids is 4. The van der Waals surface area contributed by atoms with Gasteiger partial charge in [-0.3, -0.25) is 14.4 Å². The lowest BCUT2D eigenvalue weighted by molar-refractivity contribution is -0.148. The van der Waals surface area contributed by atoms with Crippen LogP contribution >= 0.6 is 0 Å². The summed E-state index contributed by atoms with van der Waals surface area (Å²) in [7, 11) is 1.53. The van der Waals surface area contributed by atoms with Gasteiger partial charge < -0.3 is 35.8 Å². The average molecular weight is 571 g/mol. The number of amides is 4. The predicted molar refractivity (Wildman–Crippen MR) is 155 cm³/mol. The number of phenols is 1. The van der Waals surface area contributed by atoms with Crippen molar-refractivity contribution in [3.05, 3.63) is 54.1 Å². The molecule has 0 radical (unpaired) electrons. The van der Waals surface area contributed by atoms with Crippen LogP contribution in [0.25, 0.3) is 0 Å². The Balaban J connectivity index is 2.63. The number of methoxy groups -OCH3 is 1. The molecule has 0 aliphatic carbocycles. The van der Waals surface area contributed by atoms with Crippen LogP contribution in [0.5, 0.6) is 11.5 Å². The van der Waals surface area contributed by atoms with Crippen LogP contribution in [-0.2, 0) is 19.1 Å². The monoisotopic (exact) mass is 570 g/mol. The SMILES string of the molecule is CCC(C)(C)N(C(=O)C(CCC(N)=O)NC(=O)OC(C)(C)C)C(C(=O)Nc1ccc(OC)cc1)c1cccc(O)c1. The second-order valence-electron chi connectivity index (χ2n) is 11.3. The van der Waals surface area contributed by atoms with Crippen molar-refractivity contribution in [3.8, 4) is 11.5 Å². The summed E-state index contributed by atoms with van der Waals surface area (Å²) in [5, 5.41) is 15.7. The van der Waals surface area contributed by atoms with Gasteiger partial charge in [0.05, 0.1) is 7.11 Å². The number of anilines is 1. The minimum absolute atomic E-state index is 0.0939. The number of rotatable bonds is 12. The highest BCUT2D eigenvalue weighted by Crippen LogP contribution is 2.34. The summed E-state index contributed by atoms with van der Waals surface area (Å²) in [5.41, 5.74) is 4.41. The van der Waals surface area contributed by atoms with Gasteiger partial charge in [-0.2, -0.15) is 0 Å². The van der Waals surface area contributed by atoms with E-state index in [1.54, 1.807) is 71.0 Å². The molecule has 0 spiro atoms. The minimum atomic E-state index is -1.24. The topological polar surface area (TPSA) is 160 Å². The summed E-state index contributed by atoms with van der Waals surface area (Å²) in [5.74, 6) is -1.33. The highest BCUT2D eigenvalue weighted by Gasteiger charge is 2.43. The molecule has 0 fully saturated rings. The standard InChI is InChI=1S/C30H42N4O7/c1-8-30(5,6)34(27(38)23(16-17-24(31)36)33-28(39)41-29(2,3)4)25(19-10-9-11-21(35)18-19)26(37)32-20-12-14-22(40-7)15-13-20/h9-15,18,23,25,35H,8,16-17H2,1-7H3,(H2,31,36)(H,32,37)(H,33,39). The van der Waals surface area contributed by atoms with Gasteiger partial charge in [-0.1, -0.05) is 19.1 Å². The van der Waals surface area contributed by atoms with Gasteiger partial charge in [0.1, 0.15) is 29.2 Å². The molecule has 0 aliphatic heterocycles. The van der Waals surface area contributed by atoms with Gasteiger partial charge in [0.15, 0.2) is 0 Å². The number of hydrogen-bond donors (Lipinski definition) is 4. The molecule has 2 atom stereocenters. The van der Waals surface area contributed by atoms with Crippen molar-refractivity contribution in [2.45, 2.75) is 84.0 Å². The van der Waals surface area contributed by atoms with E-state index in [9.17, 15) is 24.3 Å². The largest absolute Gasteiger partial charge is 0.508 e. The van der Waals surface area contributed by atoms with E-state index < -0.39 is 47.0 Å². The van der Waals surface area contributed by atoms with Crippen molar-refractivity contribution in [2.24, 2.45) is 5.73 Å². The van der Waals surface area contributed by atoms with E-state index in [0.717, 1.165) is 0 Å². The summed E-state index contributed by atoms with van der Waals surface area (Å²) in [6, 6.07) is 10.3. The Bertz CT molecular complexity index is 1220. The third-order valence-electron chi connectivity index (χ3n) is 6.47. The average Bonchev–Trinajstić information content (AvgIpc) is 2.88. The van der Waals surface area contributed by atoms with Crippen LogP contribution in [-0.4, -0.2) is 58.1 Å². The van der Waals surface area contributed by atoms with E-state index in [2.05, 4.69) is 10.6 Å². The highest BCUT2D eigenvalue weighted by molar-refractivity contribution is 5.99. The zero-order valence-electron chi connectivity index (χ0n) is 24.8. The molecule has 0 saturated carbocycles. The molecular formula is C30H42N4O7. The van der Waals surface area contributed by atoms with Crippen LogP contribution in [0.15, 0.2) is 48.5 Å². The molecule has 11 nitrogen and oxygen atoms in total. The van der Waals surface area contributed by atoms with E-state index in [4.69, 9.17) is 15.2 Å². The Kier molecular flexibility index (Phi) is 11.1. The van der Waals surface area contributed by atoms with Crippen molar-refractivity contribution in [1.82, 2.24) is 10.2 Å². The van der Waals surface area contributed by atoms with Crippen molar-refractivity contribution in [1.29, 1.82) is 0 Å². The zero-order valence-corrected chi connectivity index (χ0v) is 24.8. The van der Waals surface area contributed by atoms with Crippen LogP contribution in [0.1, 0.15) is 72.4 Å². The van der Waals surface area contributed by atoms with Gasteiger partial charge in [-0.15, -0.1) is 0 Å². The number of alkyl carbamates (subject to hydrolysis) is 1. The number of hydrogen-bond acceptors (Lipinski definition) is 7. The van der Waals surface area contributed by atoms with E-state index >= 15 is 0 Å². The molecule has 41 heavy (non-hydrogen) atoms. The predicted octanol–water partition coefficient (Wildman–Crippen LogP) is 4.26. The lowest BCUT2D eigenvalue weighted by atomic mass is 9.91. The van der Waals surface area contributed by atoms with Gasteiger partial charge in [0.25, 0.3) is 5.91 Å². The summed E-state index contributed by atoms with van der Waals surface area (Å²) in [6.45, 7) is 10.5. The first-order valence-corrected chi connectivity index (χ1v) is 13.4. The first-order chi connectivity index (χ1) is 19.1. The number of benzene rings is 2. The second kappa shape index (κ2) is 13.9. The van der Waals surface area contributed by atoms with Gasteiger partial charge in [0.2, 0.25) is 11.8 Å². The first-order valence-electron chi connectivity index (χ1n) is 13.4. The Hall–Kier alpha value is -4.28. The molecule has 0 bridgehead atoms. The van der Waals surface area contributed by atoms with E-state index in [0.29, 0.717) is 23.4 Å². The number of nitrogens with zero attached hydrogens (tertiary/aromatic N) is 1. The summed E-state index contributed by atoms with van der Waals surface area (Å²) < 4.78 is 10.6. The Labute approximate surface area is 241 Å². The van der Waals surface area contributed by atoms with Gasteiger partial charge in [-0.05, 0) is 89.4 Å². The van der Waals surface area contributed by atoms with E-state index in [-0.39, 0.29) is 18.6 Å². The van der Waals surface area contributed by atoms with Gasteiger partial charge in [0, 0.05) is 17.6 Å².